The van der Waals surface area contributed by atoms with Gasteiger partial charge in [0.1, 0.15) is 0 Å². The number of rotatable bonds is 3. The van der Waals surface area contributed by atoms with Crippen LogP contribution in [-0.2, 0) is 0 Å². The van der Waals surface area contributed by atoms with E-state index in [1.54, 1.807) is 18.5 Å². The van der Waals surface area contributed by atoms with Gasteiger partial charge in [-0.25, -0.2) is 0 Å². The molecule has 0 saturated carbocycles. The summed E-state index contributed by atoms with van der Waals surface area (Å²) in [6.45, 7) is 4.14. The number of carbonyl (C=O) groups excluding carboxylic acids is 1. The molecule has 0 saturated heterocycles. The van der Waals surface area contributed by atoms with E-state index in [4.69, 9.17) is 0 Å². The van der Waals surface area contributed by atoms with Crippen LogP contribution in [0.2, 0.25) is 0 Å². The lowest BCUT2D eigenvalue weighted by Crippen LogP contribution is -2.12. The lowest BCUT2D eigenvalue weighted by molar-refractivity contribution is 0.102. The topological polar surface area (TPSA) is 46.9 Å². The fourth-order valence-electron chi connectivity index (χ4n) is 2.51. The molecule has 0 atom stereocenters. The second kappa shape index (κ2) is 6.38. The predicted octanol–water partition coefficient (Wildman–Crippen LogP) is 4.50. The molecule has 0 radical (unpaired) electrons. The van der Waals surface area contributed by atoms with E-state index >= 15 is 0 Å². The predicted molar refractivity (Wildman–Crippen MR) is 95.1 cm³/mol. The summed E-state index contributed by atoms with van der Waals surface area (Å²) in [5.41, 5.74) is 4.70. The molecule has 0 aliphatic heterocycles. The summed E-state index contributed by atoms with van der Waals surface area (Å²) in [4.78, 5) is 16.2. The summed E-state index contributed by atoms with van der Waals surface area (Å²) in [6, 6.07) is 13.7. The standard InChI is InChI=1S/C18H16BrN3O/c1-12-3-4-13(2)22(12)17-7-5-16(6-8-17)21-18(23)14-9-15(19)11-20-10-14/h3-11H,1-2H3,(H,21,23). The first-order valence-corrected chi connectivity index (χ1v) is 8.01. The molecule has 1 N–H and O–H groups in total. The van der Waals surface area contributed by atoms with Crippen LogP contribution in [0.15, 0.2) is 59.3 Å². The molecule has 0 unspecified atom stereocenters. The monoisotopic (exact) mass is 369 g/mol. The molecule has 23 heavy (non-hydrogen) atoms. The number of anilines is 1. The fourth-order valence-corrected chi connectivity index (χ4v) is 2.87. The van der Waals surface area contributed by atoms with Gasteiger partial charge in [-0.05, 0) is 72.2 Å². The third-order valence-electron chi connectivity index (χ3n) is 3.62. The average Bonchev–Trinajstić information content (AvgIpc) is 2.87. The van der Waals surface area contributed by atoms with Gasteiger partial charge in [0.25, 0.3) is 5.91 Å². The van der Waals surface area contributed by atoms with Crippen molar-refractivity contribution in [2.45, 2.75) is 13.8 Å². The summed E-state index contributed by atoms with van der Waals surface area (Å²) in [5, 5.41) is 2.88. The largest absolute Gasteiger partial charge is 0.322 e. The SMILES string of the molecule is Cc1ccc(C)n1-c1ccc(NC(=O)c2cncc(Br)c2)cc1. The van der Waals surface area contributed by atoms with Crippen molar-refractivity contribution in [1.82, 2.24) is 9.55 Å². The highest BCUT2D eigenvalue weighted by Crippen LogP contribution is 2.19. The number of pyridine rings is 1. The Kier molecular flexibility index (Phi) is 4.30. The number of nitrogens with one attached hydrogen (secondary N) is 1. The molecule has 1 aromatic carbocycles. The van der Waals surface area contributed by atoms with Crippen molar-refractivity contribution in [2.75, 3.05) is 5.32 Å². The second-order valence-corrected chi connectivity index (χ2v) is 6.26. The highest BCUT2D eigenvalue weighted by atomic mass is 79.9. The van der Waals surface area contributed by atoms with Crippen LogP contribution in [0.5, 0.6) is 0 Å². The Morgan fingerprint density at radius 2 is 1.70 bits per heavy atom. The van der Waals surface area contributed by atoms with Crippen molar-refractivity contribution < 1.29 is 4.79 Å². The number of halogens is 1. The van der Waals surface area contributed by atoms with Gasteiger partial charge in [0, 0.05) is 39.6 Å². The molecule has 2 heterocycles. The van der Waals surface area contributed by atoms with Gasteiger partial charge >= 0.3 is 0 Å². The minimum absolute atomic E-state index is 0.181. The van der Waals surface area contributed by atoms with Gasteiger partial charge in [-0.1, -0.05) is 0 Å². The Hall–Kier alpha value is -2.40. The average molecular weight is 370 g/mol. The van der Waals surface area contributed by atoms with Crippen LogP contribution in [0.4, 0.5) is 5.69 Å². The van der Waals surface area contributed by atoms with Crippen molar-refractivity contribution >= 4 is 27.5 Å². The first kappa shape index (κ1) is 15.5. The van der Waals surface area contributed by atoms with E-state index in [-0.39, 0.29) is 5.91 Å². The van der Waals surface area contributed by atoms with Gasteiger partial charge in [-0.2, -0.15) is 0 Å². The molecule has 4 nitrogen and oxygen atoms in total. The summed E-state index contributed by atoms with van der Waals surface area (Å²) < 4.78 is 2.95. The Balaban J connectivity index is 1.79. The van der Waals surface area contributed by atoms with Crippen LogP contribution in [-0.4, -0.2) is 15.5 Å². The number of aryl methyl sites for hydroxylation is 2. The molecular weight excluding hydrogens is 354 g/mol. The van der Waals surface area contributed by atoms with Gasteiger partial charge in [-0.3, -0.25) is 9.78 Å². The lowest BCUT2D eigenvalue weighted by Gasteiger charge is -2.11. The molecule has 3 aromatic rings. The molecule has 0 spiro atoms. The van der Waals surface area contributed by atoms with Gasteiger partial charge in [0.15, 0.2) is 0 Å². The van der Waals surface area contributed by atoms with E-state index in [9.17, 15) is 4.79 Å². The summed E-state index contributed by atoms with van der Waals surface area (Å²) in [6.07, 6.45) is 3.19. The molecule has 0 aliphatic carbocycles. The maximum absolute atomic E-state index is 12.2. The van der Waals surface area contributed by atoms with E-state index in [2.05, 4.69) is 56.8 Å². The molecule has 5 heteroatoms. The zero-order chi connectivity index (χ0) is 16.4. The first-order chi connectivity index (χ1) is 11.0. The van der Waals surface area contributed by atoms with Crippen molar-refractivity contribution in [3.05, 3.63) is 76.3 Å². The van der Waals surface area contributed by atoms with E-state index in [1.807, 2.05) is 24.3 Å². The summed E-state index contributed by atoms with van der Waals surface area (Å²) in [7, 11) is 0. The molecule has 2 aromatic heterocycles. The van der Waals surface area contributed by atoms with Crippen LogP contribution in [0.1, 0.15) is 21.7 Å². The van der Waals surface area contributed by atoms with Gasteiger partial charge in [0.05, 0.1) is 5.56 Å². The van der Waals surface area contributed by atoms with Gasteiger partial charge < -0.3 is 9.88 Å². The quantitative estimate of drug-likeness (QED) is 0.738. The number of nitrogens with zero attached hydrogens (tertiary/aromatic N) is 2. The zero-order valence-electron chi connectivity index (χ0n) is 12.9. The minimum atomic E-state index is -0.181. The summed E-state index contributed by atoms with van der Waals surface area (Å²) >= 11 is 3.32. The summed E-state index contributed by atoms with van der Waals surface area (Å²) in [5.74, 6) is -0.181. The third-order valence-corrected chi connectivity index (χ3v) is 4.06. The Morgan fingerprint density at radius 3 is 2.30 bits per heavy atom. The van der Waals surface area contributed by atoms with E-state index in [0.717, 1.165) is 15.8 Å². The number of amides is 1. The number of hydrogen-bond donors (Lipinski definition) is 1. The molecule has 0 bridgehead atoms. The normalized spacial score (nSPS) is 10.6. The molecule has 0 aliphatic rings. The Labute approximate surface area is 143 Å². The van der Waals surface area contributed by atoms with Crippen LogP contribution in [0.25, 0.3) is 5.69 Å². The Bertz CT molecular complexity index is 833. The van der Waals surface area contributed by atoms with Crippen LogP contribution in [0, 0.1) is 13.8 Å². The fraction of sp³-hybridized carbons (Fsp3) is 0.111. The Morgan fingerprint density at radius 1 is 1.04 bits per heavy atom. The number of benzene rings is 1. The van der Waals surface area contributed by atoms with Crippen molar-refractivity contribution in [2.24, 2.45) is 0 Å². The van der Waals surface area contributed by atoms with Crippen LogP contribution < -0.4 is 5.32 Å². The third kappa shape index (κ3) is 3.35. The molecule has 3 rings (SSSR count). The van der Waals surface area contributed by atoms with Gasteiger partial charge in [0.2, 0.25) is 0 Å². The van der Waals surface area contributed by atoms with Crippen molar-refractivity contribution in [3.63, 3.8) is 0 Å². The zero-order valence-corrected chi connectivity index (χ0v) is 14.5. The maximum Gasteiger partial charge on any atom is 0.257 e. The number of aromatic nitrogens is 2. The van der Waals surface area contributed by atoms with E-state index in [0.29, 0.717) is 5.56 Å². The smallest absolute Gasteiger partial charge is 0.257 e. The van der Waals surface area contributed by atoms with Crippen LogP contribution in [0.3, 0.4) is 0 Å². The second-order valence-electron chi connectivity index (χ2n) is 5.34. The highest BCUT2D eigenvalue weighted by Gasteiger charge is 2.08. The van der Waals surface area contributed by atoms with Crippen molar-refractivity contribution in [3.8, 4) is 5.69 Å². The number of hydrogen-bond acceptors (Lipinski definition) is 2. The molecule has 1 amide bonds. The van der Waals surface area contributed by atoms with E-state index < -0.39 is 0 Å². The van der Waals surface area contributed by atoms with Crippen LogP contribution >= 0.6 is 15.9 Å². The lowest BCUT2D eigenvalue weighted by atomic mass is 10.2. The number of carbonyl (C=O) groups is 1. The highest BCUT2D eigenvalue weighted by molar-refractivity contribution is 9.10. The first-order valence-electron chi connectivity index (χ1n) is 7.22. The van der Waals surface area contributed by atoms with Gasteiger partial charge in [-0.15, -0.1) is 0 Å². The molecule has 116 valence electrons. The minimum Gasteiger partial charge on any atom is -0.322 e. The maximum atomic E-state index is 12.2. The van der Waals surface area contributed by atoms with E-state index in [1.165, 1.54) is 11.4 Å². The van der Waals surface area contributed by atoms with Crippen molar-refractivity contribution in [1.29, 1.82) is 0 Å². The molecular formula is C18H16BrN3O. The molecule has 0 fully saturated rings.